The van der Waals surface area contributed by atoms with Crippen LogP contribution in [0.5, 0.6) is 0 Å². The zero-order valence-corrected chi connectivity index (χ0v) is 14.4. The van der Waals surface area contributed by atoms with E-state index < -0.39 is 0 Å². The minimum atomic E-state index is 0.838. The van der Waals surface area contributed by atoms with E-state index in [4.69, 9.17) is 0 Å². The van der Waals surface area contributed by atoms with Crippen molar-refractivity contribution in [2.75, 3.05) is 13.6 Å². The summed E-state index contributed by atoms with van der Waals surface area (Å²) in [6, 6.07) is 9.33. The molecule has 0 aromatic heterocycles. The Kier molecular flexibility index (Phi) is 6.29. The SMILES string of the molecule is CCc1ccc(CC2CC(C(C)C)CCC2CNC)cc1. The monoisotopic (exact) mass is 287 g/mol. The van der Waals surface area contributed by atoms with E-state index in [2.05, 4.69) is 57.4 Å². The van der Waals surface area contributed by atoms with Crippen LogP contribution in [-0.4, -0.2) is 13.6 Å². The van der Waals surface area contributed by atoms with Crippen molar-refractivity contribution in [2.24, 2.45) is 23.7 Å². The molecule has 1 heteroatoms. The molecule has 0 heterocycles. The number of nitrogens with one attached hydrogen (secondary N) is 1. The summed E-state index contributed by atoms with van der Waals surface area (Å²) in [6.45, 7) is 8.21. The van der Waals surface area contributed by atoms with Crippen LogP contribution in [0.2, 0.25) is 0 Å². The first-order valence-corrected chi connectivity index (χ1v) is 8.86. The van der Waals surface area contributed by atoms with Crippen LogP contribution in [-0.2, 0) is 12.8 Å². The number of hydrogen-bond donors (Lipinski definition) is 1. The minimum absolute atomic E-state index is 0.838. The Morgan fingerprint density at radius 2 is 1.71 bits per heavy atom. The molecule has 0 bridgehead atoms. The Bertz CT molecular complexity index is 406. The van der Waals surface area contributed by atoms with Gasteiger partial charge in [0.25, 0.3) is 0 Å². The topological polar surface area (TPSA) is 12.0 Å². The molecular formula is C20H33N. The van der Waals surface area contributed by atoms with Gasteiger partial charge in [-0.2, -0.15) is 0 Å². The van der Waals surface area contributed by atoms with Gasteiger partial charge in [0.15, 0.2) is 0 Å². The van der Waals surface area contributed by atoms with Gasteiger partial charge in [-0.25, -0.2) is 0 Å². The van der Waals surface area contributed by atoms with Crippen LogP contribution in [0.3, 0.4) is 0 Å². The Labute approximate surface area is 131 Å². The first kappa shape index (κ1) is 16.5. The molecule has 1 aliphatic carbocycles. The van der Waals surface area contributed by atoms with E-state index in [9.17, 15) is 0 Å². The van der Waals surface area contributed by atoms with Crippen molar-refractivity contribution in [2.45, 2.75) is 52.9 Å². The summed E-state index contributed by atoms with van der Waals surface area (Å²) in [4.78, 5) is 0. The summed E-state index contributed by atoms with van der Waals surface area (Å²) in [5.41, 5.74) is 2.98. The van der Waals surface area contributed by atoms with Gasteiger partial charge >= 0.3 is 0 Å². The Hall–Kier alpha value is -0.820. The molecule has 1 N–H and O–H groups in total. The smallest absolute Gasteiger partial charge is 0.00208 e. The van der Waals surface area contributed by atoms with Gasteiger partial charge in [-0.1, -0.05) is 45.0 Å². The van der Waals surface area contributed by atoms with Crippen LogP contribution in [0.4, 0.5) is 0 Å². The van der Waals surface area contributed by atoms with E-state index in [1.165, 1.54) is 43.4 Å². The molecule has 0 amide bonds. The van der Waals surface area contributed by atoms with Crippen LogP contribution >= 0.6 is 0 Å². The van der Waals surface area contributed by atoms with E-state index in [1.54, 1.807) is 0 Å². The standard InChI is InChI=1S/C20H33N/c1-5-16-6-8-17(9-7-16)12-20-13-18(15(2)3)10-11-19(20)14-21-4/h6-9,15,18-21H,5,10-14H2,1-4H3. The predicted molar refractivity (Wildman–Crippen MR) is 92.6 cm³/mol. The highest BCUT2D eigenvalue weighted by atomic mass is 14.8. The summed E-state index contributed by atoms with van der Waals surface area (Å²) in [6.07, 6.45) is 6.65. The minimum Gasteiger partial charge on any atom is -0.319 e. The first-order valence-electron chi connectivity index (χ1n) is 8.86. The molecule has 118 valence electrons. The number of rotatable bonds is 6. The molecule has 1 nitrogen and oxygen atoms in total. The molecule has 0 radical (unpaired) electrons. The van der Waals surface area contributed by atoms with Crippen molar-refractivity contribution in [1.29, 1.82) is 0 Å². The maximum absolute atomic E-state index is 3.42. The lowest BCUT2D eigenvalue weighted by molar-refractivity contribution is 0.146. The van der Waals surface area contributed by atoms with Gasteiger partial charge in [-0.05, 0) is 80.5 Å². The summed E-state index contributed by atoms with van der Waals surface area (Å²) in [5.74, 6) is 3.48. The number of hydrogen-bond acceptors (Lipinski definition) is 1. The zero-order valence-electron chi connectivity index (χ0n) is 14.4. The maximum Gasteiger partial charge on any atom is -0.00208 e. The van der Waals surface area contributed by atoms with Crippen LogP contribution in [0.25, 0.3) is 0 Å². The number of benzene rings is 1. The molecule has 0 spiro atoms. The lowest BCUT2D eigenvalue weighted by Crippen LogP contribution is -2.34. The van der Waals surface area contributed by atoms with Crippen LogP contribution < -0.4 is 5.32 Å². The fraction of sp³-hybridized carbons (Fsp3) is 0.700. The fourth-order valence-corrected chi connectivity index (χ4v) is 3.96. The Morgan fingerprint density at radius 3 is 2.29 bits per heavy atom. The van der Waals surface area contributed by atoms with Gasteiger partial charge in [-0.3, -0.25) is 0 Å². The Balaban J connectivity index is 2.03. The molecule has 3 atom stereocenters. The van der Waals surface area contributed by atoms with Crippen molar-refractivity contribution in [3.05, 3.63) is 35.4 Å². The lowest BCUT2D eigenvalue weighted by atomic mass is 9.68. The van der Waals surface area contributed by atoms with E-state index in [-0.39, 0.29) is 0 Å². The third-order valence-electron chi connectivity index (χ3n) is 5.52. The predicted octanol–water partition coefficient (Wildman–Crippen LogP) is 4.70. The van der Waals surface area contributed by atoms with Gasteiger partial charge in [-0.15, -0.1) is 0 Å². The molecule has 21 heavy (non-hydrogen) atoms. The van der Waals surface area contributed by atoms with Crippen LogP contribution in [0.15, 0.2) is 24.3 Å². The second-order valence-electron chi connectivity index (χ2n) is 7.27. The summed E-state index contributed by atoms with van der Waals surface area (Å²) in [5, 5.41) is 3.42. The maximum atomic E-state index is 3.42. The molecular weight excluding hydrogens is 254 g/mol. The van der Waals surface area contributed by atoms with Gasteiger partial charge < -0.3 is 5.32 Å². The first-order chi connectivity index (χ1) is 10.1. The van der Waals surface area contributed by atoms with Crippen molar-refractivity contribution in [1.82, 2.24) is 5.32 Å². The van der Waals surface area contributed by atoms with E-state index in [0.29, 0.717) is 0 Å². The third kappa shape index (κ3) is 4.57. The van der Waals surface area contributed by atoms with Crippen molar-refractivity contribution < 1.29 is 0 Å². The fourth-order valence-electron chi connectivity index (χ4n) is 3.96. The third-order valence-corrected chi connectivity index (χ3v) is 5.52. The molecule has 0 aliphatic heterocycles. The largest absolute Gasteiger partial charge is 0.319 e. The molecule has 0 saturated heterocycles. The highest BCUT2D eigenvalue weighted by molar-refractivity contribution is 5.23. The average Bonchev–Trinajstić information content (AvgIpc) is 2.50. The van der Waals surface area contributed by atoms with E-state index >= 15 is 0 Å². The highest BCUT2D eigenvalue weighted by Crippen LogP contribution is 2.39. The van der Waals surface area contributed by atoms with Crippen molar-refractivity contribution in [3.63, 3.8) is 0 Å². The Morgan fingerprint density at radius 1 is 1.05 bits per heavy atom. The van der Waals surface area contributed by atoms with Gasteiger partial charge in [0.2, 0.25) is 0 Å². The highest BCUT2D eigenvalue weighted by Gasteiger charge is 2.31. The van der Waals surface area contributed by atoms with Crippen molar-refractivity contribution >= 4 is 0 Å². The lowest BCUT2D eigenvalue weighted by Gasteiger charge is -2.38. The normalized spacial score (nSPS) is 26.2. The van der Waals surface area contributed by atoms with Gasteiger partial charge in [0.05, 0.1) is 0 Å². The van der Waals surface area contributed by atoms with Gasteiger partial charge in [0.1, 0.15) is 0 Å². The molecule has 1 aliphatic rings. The average molecular weight is 287 g/mol. The molecule has 2 rings (SSSR count). The molecule has 1 aromatic carbocycles. The molecule has 1 fully saturated rings. The summed E-state index contributed by atoms with van der Waals surface area (Å²) >= 11 is 0. The van der Waals surface area contributed by atoms with Gasteiger partial charge in [0, 0.05) is 0 Å². The van der Waals surface area contributed by atoms with E-state index in [0.717, 1.165) is 30.1 Å². The zero-order chi connectivity index (χ0) is 15.2. The van der Waals surface area contributed by atoms with Crippen LogP contribution in [0, 0.1) is 23.7 Å². The van der Waals surface area contributed by atoms with Crippen LogP contribution in [0.1, 0.15) is 51.2 Å². The molecule has 3 unspecified atom stereocenters. The second kappa shape index (κ2) is 7.98. The quantitative estimate of drug-likeness (QED) is 0.799. The summed E-state index contributed by atoms with van der Waals surface area (Å²) < 4.78 is 0. The van der Waals surface area contributed by atoms with Crippen molar-refractivity contribution in [3.8, 4) is 0 Å². The molecule has 1 saturated carbocycles. The summed E-state index contributed by atoms with van der Waals surface area (Å²) in [7, 11) is 2.10. The second-order valence-corrected chi connectivity index (χ2v) is 7.27. The molecule has 1 aromatic rings. The number of aryl methyl sites for hydroxylation is 1. The van der Waals surface area contributed by atoms with E-state index in [1.807, 2.05) is 0 Å².